The Morgan fingerprint density at radius 3 is 2.70 bits per heavy atom. The second-order valence-corrected chi connectivity index (χ2v) is 6.68. The Kier molecular flexibility index (Phi) is 4.86. The fourth-order valence-electron chi connectivity index (χ4n) is 2.32. The summed E-state index contributed by atoms with van der Waals surface area (Å²) in [5, 5.41) is 0.505. The van der Waals surface area contributed by atoms with Crippen LogP contribution in [0.5, 0.6) is 0 Å². The molecule has 1 saturated heterocycles. The Labute approximate surface area is 126 Å². The molecule has 1 aromatic rings. The number of hydrogen-bond donors (Lipinski definition) is 0. The maximum atomic E-state index is 6.16. The first-order chi connectivity index (χ1) is 9.40. The van der Waals surface area contributed by atoms with Crippen molar-refractivity contribution in [3.05, 3.63) is 17.0 Å². The molecular weight excluding hydrogens is 274 g/mol. The molecule has 2 heterocycles. The second-order valence-electron chi connectivity index (χ2n) is 6.30. The highest BCUT2D eigenvalue weighted by Gasteiger charge is 2.23. The molecule has 5 heteroatoms. The standard InChI is InChI=1S/C15H24ClN3O/c1-5-19(10-11-7-6-8-20-11)13-9-12(16)17-14(18-13)15(2,3)4/h9,11H,5-8,10H2,1-4H3. The van der Waals surface area contributed by atoms with Crippen LogP contribution < -0.4 is 4.90 Å². The van der Waals surface area contributed by atoms with E-state index in [9.17, 15) is 0 Å². The molecule has 0 aromatic carbocycles. The van der Waals surface area contributed by atoms with Crippen LogP contribution >= 0.6 is 11.6 Å². The molecule has 1 fully saturated rings. The van der Waals surface area contributed by atoms with Gasteiger partial charge in [-0.3, -0.25) is 0 Å². The van der Waals surface area contributed by atoms with Gasteiger partial charge in [-0.15, -0.1) is 0 Å². The zero-order chi connectivity index (χ0) is 14.8. The maximum Gasteiger partial charge on any atom is 0.137 e. The van der Waals surface area contributed by atoms with Gasteiger partial charge in [0.05, 0.1) is 6.10 Å². The van der Waals surface area contributed by atoms with Crippen LogP contribution in [-0.4, -0.2) is 35.8 Å². The van der Waals surface area contributed by atoms with E-state index in [-0.39, 0.29) is 5.41 Å². The van der Waals surface area contributed by atoms with Crippen LogP contribution in [0, 0.1) is 0 Å². The first-order valence-electron chi connectivity index (χ1n) is 7.31. The largest absolute Gasteiger partial charge is 0.376 e. The lowest BCUT2D eigenvalue weighted by molar-refractivity contribution is 0.115. The number of likely N-dealkylation sites (N-methyl/N-ethyl adjacent to an activating group) is 1. The molecular formula is C15H24ClN3O. The number of halogens is 1. The van der Waals surface area contributed by atoms with Gasteiger partial charge < -0.3 is 9.64 Å². The van der Waals surface area contributed by atoms with E-state index < -0.39 is 0 Å². The van der Waals surface area contributed by atoms with E-state index >= 15 is 0 Å². The lowest BCUT2D eigenvalue weighted by Crippen LogP contribution is -2.33. The molecule has 0 saturated carbocycles. The van der Waals surface area contributed by atoms with E-state index in [1.807, 2.05) is 6.07 Å². The highest BCUT2D eigenvalue weighted by molar-refractivity contribution is 6.29. The highest BCUT2D eigenvalue weighted by atomic mass is 35.5. The Morgan fingerprint density at radius 1 is 1.40 bits per heavy atom. The fourth-order valence-corrected chi connectivity index (χ4v) is 2.50. The third-order valence-corrected chi connectivity index (χ3v) is 3.70. The van der Waals surface area contributed by atoms with E-state index in [1.54, 1.807) is 0 Å². The molecule has 0 aliphatic carbocycles. The number of ether oxygens (including phenoxy) is 1. The third-order valence-electron chi connectivity index (χ3n) is 3.51. The molecule has 0 bridgehead atoms. The first-order valence-corrected chi connectivity index (χ1v) is 7.69. The van der Waals surface area contributed by atoms with Crippen molar-refractivity contribution in [3.8, 4) is 0 Å². The molecule has 1 aliphatic rings. The molecule has 112 valence electrons. The molecule has 2 rings (SSSR count). The number of nitrogens with zero attached hydrogens (tertiary/aromatic N) is 3. The topological polar surface area (TPSA) is 38.2 Å². The summed E-state index contributed by atoms with van der Waals surface area (Å²) in [6, 6.07) is 1.84. The molecule has 1 unspecified atom stereocenters. The van der Waals surface area contributed by atoms with E-state index in [2.05, 4.69) is 37.6 Å². The summed E-state index contributed by atoms with van der Waals surface area (Å²) in [5.41, 5.74) is -0.108. The predicted molar refractivity (Wildman–Crippen MR) is 82.6 cm³/mol. The zero-order valence-electron chi connectivity index (χ0n) is 12.8. The van der Waals surface area contributed by atoms with Gasteiger partial charge in [0, 0.05) is 31.2 Å². The third kappa shape index (κ3) is 3.83. The molecule has 0 N–H and O–H groups in total. The van der Waals surface area contributed by atoms with E-state index in [4.69, 9.17) is 21.3 Å². The quantitative estimate of drug-likeness (QED) is 0.798. The predicted octanol–water partition coefficient (Wildman–Crippen LogP) is 3.43. The Hall–Kier alpha value is -0.870. The number of anilines is 1. The van der Waals surface area contributed by atoms with Crippen molar-refractivity contribution in [1.29, 1.82) is 0 Å². The SMILES string of the molecule is CCN(CC1CCCO1)c1cc(Cl)nc(C(C)(C)C)n1. The summed E-state index contributed by atoms with van der Waals surface area (Å²) in [5.74, 6) is 1.68. The molecule has 1 atom stereocenters. The Balaban J connectivity index is 2.22. The van der Waals surface area contributed by atoms with Gasteiger partial charge in [0.2, 0.25) is 0 Å². The van der Waals surface area contributed by atoms with Gasteiger partial charge in [0.25, 0.3) is 0 Å². The van der Waals surface area contributed by atoms with Crippen LogP contribution in [0.15, 0.2) is 6.07 Å². The summed E-state index contributed by atoms with van der Waals surface area (Å²) in [6.07, 6.45) is 2.59. The van der Waals surface area contributed by atoms with Crippen molar-refractivity contribution in [2.75, 3.05) is 24.6 Å². The summed E-state index contributed by atoms with van der Waals surface area (Å²) in [4.78, 5) is 11.3. The molecule has 1 aromatic heterocycles. The number of aromatic nitrogens is 2. The molecule has 0 spiro atoms. The maximum absolute atomic E-state index is 6.16. The van der Waals surface area contributed by atoms with Gasteiger partial charge in [0.15, 0.2) is 0 Å². The minimum absolute atomic E-state index is 0.108. The Morgan fingerprint density at radius 2 is 2.15 bits per heavy atom. The van der Waals surface area contributed by atoms with Crippen molar-refractivity contribution in [2.45, 2.75) is 52.1 Å². The number of hydrogen-bond acceptors (Lipinski definition) is 4. The van der Waals surface area contributed by atoms with Crippen molar-refractivity contribution >= 4 is 17.4 Å². The molecule has 20 heavy (non-hydrogen) atoms. The van der Waals surface area contributed by atoms with Gasteiger partial charge in [-0.2, -0.15) is 0 Å². The fraction of sp³-hybridized carbons (Fsp3) is 0.733. The van der Waals surface area contributed by atoms with Crippen LogP contribution in [0.25, 0.3) is 0 Å². The zero-order valence-corrected chi connectivity index (χ0v) is 13.6. The molecule has 1 aliphatic heterocycles. The van der Waals surface area contributed by atoms with Crippen molar-refractivity contribution in [2.24, 2.45) is 0 Å². The van der Waals surface area contributed by atoms with Crippen molar-refractivity contribution < 1.29 is 4.74 Å². The molecule has 0 amide bonds. The van der Waals surface area contributed by atoms with E-state index in [0.717, 1.165) is 44.2 Å². The van der Waals surface area contributed by atoms with Crippen LogP contribution in [-0.2, 0) is 10.2 Å². The lowest BCUT2D eigenvalue weighted by atomic mass is 9.96. The van der Waals surface area contributed by atoms with Crippen molar-refractivity contribution in [1.82, 2.24) is 9.97 Å². The van der Waals surface area contributed by atoms with Gasteiger partial charge in [-0.1, -0.05) is 32.4 Å². The summed E-state index contributed by atoms with van der Waals surface area (Å²) < 4.78 is 5.72. The van der Waals surface area contributed by atoms with Gasteiger partial charge in [-0.25, -0.2) is 9.97 Å². The minimum atomic E-state index is -0.108. The van der Waals surface area contributed by atoms with Crippen LogP contribution in [0.3, 0.4) is 0 Å². The molecule has 4 nitrogen and oxygen atoms in total. The average molecular weight is 298 g/mol. The van der Waals surface area contributed by atoms with Crippen LogP contribution in [0.2, 0.25) is 5.15 Å². The van der Waals surface area contributed by atoms with Gasteiger partial charge in [-0.05, 0) is 19.8 Å². The summed E-state index contributed by atoms with van der Waals surface area (Å²) in [7, 11) is 0. The minimum Gasteiger partial charge on any atom is -0.376 e. The van der Waals surface area contributed by atoms with Crippen LogP contribution in [0.4, 0.5) is 5.82 Å². The highest BCUT2D eigenvalue weighted by Crippen LogP contribution is 2.25. The smallest absolute Gasteiger partial charge is 0.137 e. The van der Waals surface area contributed by atoms with E-state index in [1.165, 1.54) is 0 Å². The van der Waals surface area contributed by atoms with Gasteiger partial charge in [0.1, 0.15) is 16.8 Å². The summed E-state index contributed by atoms with van der Waals surface area (Å²) in [6.45, 7) is 11.0. The lowest BCUT2D eigenvalue weighted by Gasteiger charge is -2.26. The molecule has 0 radical (unpaired) electrons. The second kappa shape index (κ2) is 6.27. The average Bonchev–Trinajstić information content (AvgIpc) is 2.87. The number of rotatable bonds is 4. The van der Waals surface area contributed by atoms with E-state index in [0.29, 0.717) is 11.3 Å². The monoisotopic (exact) mass is 297 g/mol. The first kappa shape index (κ1) is 15.5. The van der Waals surface area contributed by atoms with Crippen molar-refractivity contribution in [3.63, 3.8) is 0 Å². The van der Waals surface area contributed by atoms with Crippen LogP contribution in [0.1, 0.15) is 46.4 Å². The Bertz CT molecular complexity index is 453. The summed E-state index contributed by atoms with van der Waals surface area (Å²) >= 11 is 6.16. The normalized spacial score (nSPS) is 19.4. The van der Waals surface area contributed by atoms with Gasteiger partial charge >= 0.3 is 0 Å².